The van der Waals surface area contributed by atoms with Crippen molar-refractivity contribution in [2.75, 3.05) is 11.5 Å². The van der Waals surface area contributed by atoms with Gasteiger partial charge in [0.1, 0.15) is 0 Å². The molecule has 0 aromatic carbocycles. The summed E-state index contributed by atoms with van der Waals surface area (Å²) in [5.74, 6) is 6.34. The second-order valence-corrected chi connectivity index (χ2v) is 13.9. The van der Waals surface area contributed by atoms with E-state index < -0.39 is 0 Å². The number of hydrogen-bond donors (Lipinski definition) is 1. The van der Waals surface area contributed by atoms with E-state index in [2.05, 4.69) is 50.4 Å². The molecule has 1 N–H and O–H groups in total. The second kappa shape index (κ2) is 6.20. The molecule has 0 bridgehead atoms. The molecule has 3 heteroatoms. The maximum Gasteiger partial charge on any atom is 0.0616 e. The van der Waals surface area contributed by atoms with Gasteiger partial charge >= 0.3 is 0 Å². The van der Waals surface area contributed by atoms with Gasteiger partial charge in [0.15, 0.2) is 0 Å². The highest BCUT2D eigenvalue weighted by Crippen LogP contribution is 2.70. The Bertz CT molecular complexity index is 609. The number of rotatable bonds is 1. The van der Waals surface area contributed by atoms with E-state index in [9.17, 15) is 5.11 Å². The molecule has 5 rings (SSSR count). The van der Waals surface area contributed by atoms with Gasteiger partial charge in [-0.2, -0.15) is 0 Å². The van der Waals surface area contributed by atoms with Gasteiger partial charge in [-0.1, -0.05) is 25.5 Å². The van der Waals surface area contributed by atoms with Crippen molar-refractivity contribution in [2.24, 2.45) is 34.5 Å². The zero-order chi connectivity index (χ0) is 18.2. The Morgan fingerprint density at radius 3 is 2.50 bits per heavy atom. The Morgan fingerprint density at radius 2 is 1.73 bits per heavy atom. The van der Waals surface area contributed by atoms with Crippen LogP contribution in [0.25, 0.3) is 0 Å². The molecule has 1 saturated heterocycles. The molecule has 4 fully saturated rings. The molecule has 1 aliphatic heterocycles. The lowest BCUT2D eigenvalue weighted by Crippen LogP contribution is -2.51. The van der Waals surface area contributed by atoms with Crippen LogP contribution in [0.5, 0.6) is 0 Å². The number of aliphatic hydroxyl groups is 1. The first-order chi connectivity index (χ1) is 12.4. The summed E-state index contributed by atoms with van der Waals surface area (Å²) >= 11 is 4.53. The van der Waals surface area contributed by atoms with Crippen LogP contribution in [0.1, 0.15) is 72.1 Å². The van der Waals surface area contributed by atoms with Gasteiger partial charge in [-0.15, -0.1) is 23.5 Å². The third-order valence-electron chi connectivity index (χ3n) is 9.57. The van der Waals surface area contributed by atoms with Gasteiger partial charge in [-0.05, 0) is 92.8 Å². The molecule has 146 valence electrons. The fraction of sp³-hybridized carbons (Fsp3) is 0.913. The summed E-state index contributed by atoms with van der Waals surface area (Å²) in [5.41, 5.74) is 2.57. The molecule has 1 nitrogen and oxygen atoms in total. The summed E-state index contributed by atoms with van der Waals surface area (Å²) in [7, 11) is 0. The van der Waals surface area contributed by atoms with Crippen molar-refractivity contribution in [3.8, 4) is 0 Å². The van der Waals surface area contributed by atoms with Gasteiger partial charge in [0, 0.05) is 11.5 Å². The molecular weight excluding hydrogens is 356 g/mol. The van der Waals surface area contributed by atoms with Crippen molar-refractivity contribution in [2.45, 2.75) is 82.3 Å². The number of hydrogen-bond acceptors (Lipinski definition) is 3. The maximum absolute atomic E-state index is 10.2. The average Bonchev–Trinajstić information content (AvgIpc) is 3.19. The fourth-order valence-electron chi connectivity index (χ4n) is 8.23. The number of fused-ring (bicyclic) bond motifs is 5. The molecule has 0 aromatic rings. The van der Waals surface area contributed by atoms with Gasteiger partial charge in [0.2, 0.25) is 0 Å². The predicted octanol–water partition coefficient (Wildman–Crippen LogP) is 6.12. The summed E-state index contributed by atoms with van der Waals surface area (Å²) in [6.07, 6.45) is 12.8. The molecule has 1 heterocycles. The zero-order valence-corrected chi connectivity index (χ0v) is 18.4. The van der Waals surface area contributed by atoms with Crippen LogP contribution in [0.4, 0.5) is 0 Å². The van der Waals surface area contributed by atoms with Crippen LogP contribution in [0, 0.1) is 34.5 Å². The number of thioether (sulfide) groups is 2. The maximum atomic E-state index is 10.2. The average molecular weight is 393 g/mol. The van der Waals surface area contributed by atoms with Crippen LogP contribution in [-0.4, -0.2) is 26.8 Å². The van der Waals surface area contributed by atoms with Crippen LogP contribution in [0.15, 0.2) is 11.6 Å². The minimum atomic E-state index is -0.0769. The zero-order valence-electron chi connectivity index (χ0n) is 16.8. The van der Waals surface area contributed by atoms with Crippen molar-refractivity contribution in [3.05, 3.63) is 11.6 Å². The van der Waals surface area contributed by atoms with E-state index in [0.29, 0.717) is 14.9 Å². The lowest BCUT2D eigenvalue weighted by atomic mass is 9.47. The van der Waals surface area contributed by atoms with E-state index in [-0.39, 0.29) is 6.10 Å². The van der Waals surface area contributed by atoms with E-state index in [1.54, 1.807) is 5.57 Å². The molecule has 0 radical (unpaired) electrons. The predicted molar refractivity (Wildman–Crippen MR) is 115 cm³/mol. The second-order valence-electron chi connectivity index (χ2n) is 10.5. The van der Waals surface area contributed by atoms with Crippen LogP contribution < -0.4 is 0 Å². The van der Waals surface area contributed by atoms with Crippen LogP contribution in [0.2, 0.25) is 0 Å². The summed E-state index contributed by atoms with van der Waals surface area (Å²) in [4.78, 5) is 0. The minimum absolute atomic E-state index is 0.0769. The smallest absolute Gasteiger partial charge is 0.0616 e. The van der Waals surface area contributed by atoms with E-state index in [0.717, 1.165) is 36.5 Å². The molecule has 7 atom stereocenters. The van der Waals surface area contributed by atoms with Gasteiger partial charge < -0.3 is 5.11 Å². The molecule has 4 aliphatic carbocycles. The van der Waals surface area contributed by atoms with Crippen LogP contribution >= 0.6 is 23.5 Å². The van der Waals surface area contributed by atoms with Crippen molar-refractivity contribution >= 4 is 23.5 Å². The first kappa shape index (κ1) is 18.4. The largest absolute Gasteiger partial charge is 0.393 e. The quantitative estimate of drug-likeness (QED) is 0.543. The third kappa shape index (κ3) is 2.48. The lowest BCUT2D eigenvalue weighted by molar-refractivity contribution is -0.0504. The van der Waals surface area contributed by atoms with Crippen molar-refractivity contribution < 1.29 is 5.11 Å². The molecule has 2 unspecified atom stereocenters. The summed E-state index contributed by atoms with van der Waals surface area (Å²) in [6.45, 7) is 7.81. The molecule has 0 aromatic heterocycles. The van der Waals surface area contributed by atoms with E-state index in [1.807, 2.05) is 0 Å². The molecular formula is C23H36OS2. The molecule has 0 amide bonds. The van der Waals surface area contributed by atoms with Gasteiger partial charge in [-0.3, -0.25) is 0 Å². The highest BCUT2D eigenvalue weighted by molar-refractivity contribution is 8.21. The normalized spacial score (nSPS) is 52.8. The fourth-order valence-corrected chi connectivity index (χ4v) is 11.7. The Kier molecular flexibility index (Phi) is 4.39. The lowest BCUT2D eigenvalue weighted by Gasteiger charge is -2.59. The van der Waals surface area contributed by atoms with E-state index >= 15 is 0 Å². The molecule has 3 saturated carbocycles. The summed E-state index contributed by atoms with van der Waals surface area (Å²) < 4.78 is 0.477. The van der Waals surface area contributed by atoms with Gasteiger partial charge in [0.25, 0.3) is 0 Å². The number of allylic oxidation sites excluding steroid dienone is 1. The summed E-state index contributed by atoms with van der Waals surface area (Å²) in [5, 5.41) is 10.2. The Labute approximate surface area is 168 Å². The number of aliphatic hydroxyl groups excluding tert-OH is 1. The van der Waals surface area contributed by atoms with Crippen molar-refractivity contribution in [1.29, 1.82) is 0 Å². The molecule has 5 aliphatic rings. The third-order valence-corrected chi connectivity index (χ3v) is 13.1. The van der Waals surface area contributed by atoms with Crippen molar-refractivity contribution in [1.82, 2.24) is 0 Å². The van der Waals surface area contributed by atoms with Crippen LogP contribution in [0.3, 0.4) is 0 Å². The molecule has 26 heavy (non-hydrogen) atoms. The highest BCUT2D eigenvalue weighted by atomic mass is 32.2. The Morgan fingerprint density at radius 1 is 0.962 bits per heavy atom. The van der Waals surface area contributed by atoms with Gasteiger partial charge in [0.05, 0.1) is 10.2 Å². The first-order valence-electron chi connectivity index (χ1n) is 11.0. The van der Waals surface area contributed by atoms with Gasteiger partial charge in [-0.25, -0.2) is 0 Å². The minimum Gasteiger partial charge on any atom is -0.393 e. The monoisotopic (exact) mass is 392 g/mol. The Balaban J connectivity index is 1.45. The first-order valence-corrected chi connectivity index (χ1v) is 13.0. The Hall–Kier alpha value is 0.400. The highest BCUT2D eigenvalue weighted by Gasteiger charge is 2.62. The van der Waals surface area contributed by atoms with Crippen LogP contribution in [-0.2, 0) is 0 Å². The van der Waals surface area contributed by atoms with Crippen molar-refractivity contribution in [3.63, 3.8) is 0 Å². The van der Waals surface area contributed by atoms with E-state index in [1.165, 1.54) is 50.0 Å². The topological polar surface area (TPSA) is 20.2 Å². The van der Waals surface area contributed by atoms with E-state index in [4.69, 9.17) is 0 Å². The SMILES string of the molecule is CC1(C2CC[C@H]3[C@@H]4CC=C5CC(O)CC[C@]5(C)[C@H]4CC[C@]23C)SCCS1. The standard InChI is InChI=1S/C23H36OS2/c1-21-10-8-16(24)14-15(21)4-5-17-18-6-7-20(23(3)25-12-13-26-23)22(18,2)11-9-19(17)21/h4,16-20,24H,5-14H2,1-3H3/t16?,17-,18-,19-,20?,21-,22-/m0/s1. The molecule has 0 spiro atoms. The summed E-state index contributed by atoms with van der Waals surface area (Å²) in [6, 6.07) is 0.